The lowest BCUT2D eigenvalue weighted by molar-refractivity contribution is -0.143. The Labute approximate surface area is 126 Å². The van der Waals surface area contributed by atoms with E-state index < -0.39 is 0 Å². The lowest BCUT2D eigenvalue weighted by Crippen LogP contribution is -2.28. The predicted molar refractivity (Wildman–Crippen MR) is 78.0 cm³/mol. The summed E-state index contributed by atoms with van der Waals surface area (Å²) in [5, 5.41) is 4.57. The van der Waals surface area contributed by atoms with Crippen LogP contribution in [0.1, 0.15) is 22.5 Å². The average molecular weight is 305 g/mol. The number of amides is 1. The van der Waals surface area contributed by atoms with Gasteiger partial charge in [0, 0.05) is 29.8 Å². The minimum Gasteiger partial charge on any atom is -0.464 e. The highest BCUT2D eigenvalue weighted by atomic mass is 32.1. The normalized spacial score (nSPS) is 10.1. The van der Waals surface area contributed by atoms with Gasteiger partial charge < -0.3 is 10.1 Å². The molecule has 1 amide bonds. The molecule has 0 aliphatic heterocycles. The Hall–Kier alpha value is -2.28. The van der Waals surface area contributed by atoms with Gasteiger partial charge in [0.25, 0.3) is 5.91 Å². The van der Waals surface area contributed by atoms with Crippen molar-refractivity contribution in [3.63, 3.8) is 0 Å². The molecule has 0 unspecified atom stereocenters. The van der Waals surface area contributed by atoms with Crippen LogP contribution in [0.3, 0.4) is 0 Å². The van der Waals surface area contributed by atoms with Crippen LogP contribution in [0.2, 0.25) is 0 Å². The van der Waals surface area contributed by atoms with E-state index in [0.717, 1.165) is 5.69 Å². The molecule has 0 aromatic carbocycles. The molecule has 6 nitrogen and oxygen atoms in total. The number of nitrogens with one attached hydrogen (secondary N) is 1. The Morgan fingerprint density at radius 2 is 2.10 bits per heavy atom. The van der Waals surface area contributed by atoms with Gasteiger partial charge in [0.15, 0.2) is 0 Å². The lowest BCUT2D eigenvalue weighted by Gasteiger charge is -2.06. The first-order chi connectivity index (χ1) is 10.3. The molecule has 2 heterocycles. The molecule has 110 valence electrons. The quantitative estimate of drug-likeness (QED) is 0.618. The molecule has 0 fully saturated rings. The summed E-state index contributed by atoms with van der Waals surface area (Å²) in [6.07, 6.45) is 3.97. The zero-order valence-corrected chi connectivity index (χ0v) is 12.1. The molecule has 2 rings (SSSR count). The molecular formula is C14H15N3O3S. The van der Waals surface area contributed by atoms with E-state index in [1.807, 2.05) is 5.38 Å². The Morgan fingerprint density at radius 3 is 2.81 bits per heavy atom. The van der Waals surface area contributed by atoms with Crippen LogP contribution in [-0.2, 0) is 16.0 Å². The maximum atomic E-state index is 11.7. The van der Waals surface area contributed by atoms with Crippen LogP contribution in [0.15, 0.2) is 35.4 Å². The highest BCUT2D eigenvalue weighted by Gasteiger charge is 2.06. The third-order valence-electron chi connectivity index (χ3n) is 2.66. The van der Waals surface area contributed by atoms with Crippen molar-refractivity contribution in [1.82, 2.24) is 15.3 Å². The van der Waals surface area contributed by atoms with E-state index in [4.69, 9.17) is 4.74 Å². The number of aryl methyl sites for hydroxylation is 1. The fourth-order valence-corrected chi connectivity index (χ4v) is 2.19. The molecule has 0 bridgehead atoms. The third-order valence-corrected chi connectivity index (χ3v) is 3.30. The number of carbonyl (C=O) groups excluding carboxylic acids is 2. The lowest BCUT2D eigenvalue weighted by atomic mass is 10.2. The first kappa shape index (κ1) is 15.1. The average Bonchev–Trinajstić information content (AvgIpc) is 3.03. The van der Waals surface area contributed by atoms with Gasteiger partial charge in [-0.15, -0.1) is 11.3 Å². The number of hydrogen-bond donors (Lipinski definition) is 1. The van der Waals surface area contributed by atoms with Gasteiger partial charge in [-0.2, -0.15) is 0 Å². The molecule has 0 radical (unpaired) electrons. The van der Waals surface area contributed by atoms with E-state index in [1.165, 1.54) is 11.3 Å². The maximum absolute atomic E-state index is 11.7. The maximum Gasteiger partial charge on any atom is 0.306 e. The van der Waals surface area contributed by atoms with Crippen molar-refractivity contribution in [3.8, 4) is 0 Å². The van der Waals surface area contributed by atoms with Gasteiger partial charge in [0.1, 0.15) is 6.61 Å². The molecule has 0 saturated carbocycles. The van der Waals surface area contributed by atoms with Crippen LogP contribution in [0.4, 0.5) is 0 Å². The van der Waals surface area contributed by atoms with Crippen molar-refractivity contribution >= 4 is 23.2 Å². The Kier molecular flexibility index (Phi) is 5.83. The molecule has 1 N–H and O–H groups in total. The number of hydrogen-bond acceptors (Lipinski definition) is 6. The van der Waals surface area contributed by atoms with Gasteiger partial charge in [0.05, 0.1) is 24.2 Å². The van der Waals surface area contributed by atoms with E-state index in [1.54, 1.807) is 30.0 Å². The van der Waals surface area contributed by atoms with Crippen LogP contribution in [0, 0.1) is 0 Å². The fourth-order valence-electron chi connectivity index (χ4n) is 1.60. The zero-order chi connectivity index (χ0) is 14.9. The van der Waals surface area contributed by atoms with Crippen LogP contribution in [-0.4, -0.2) is 35.0 Å². The molecule has 2 aromatic rings. The van der Waals surface area contributed by atoms with Crippen LogP contribution < -0.4 is 5.32 Å². The molecule has 2 aromatic heterocycles. The largest absolute Gasteiger partial charge is 0.464 e. The van der Waals surface area contributed by atoms with Crippen molar-refractivity contribution in [3.05, 3.63) is 46.7 Å². The van der Waals surface area contributed by atoms with Crippen molar-refractivity contribution in [1.29, 1.82) is 0 Å². The number of aromatic nitrogens is 2. The highest BCUT2D eigenvalue weighted by molar-refractivity contribution is 7.07. The van der Waals surface area contributed by atoms with Gasteiger partial charge in [0.2, 0.25) is 0 Å². The fraction of sp³-hybridized carbons (Fsp3) is 0.286. The summed E-state index contributed by atoms with van der Waals surface area (Å²) in [7, 11) is 0. The minimum absolute atomic E-state index is 0.159. The van der Waals surface area contributed by atoms with E-state index >= 15 is 0 Å². The van der Waals surface area contributed by atoms with Gasteiger partial charge in [-0.3, -0.25) is 14.6 Å². The molecule has 0 spiro atoms. The number of pyridine rings is 1. The predicted octanol–water partition coefficient (Wildman–Crippen LogP) is 1.44. The Bertz CT molecular complexity index is 572. The summed E-state index contributed by atoms with van der Waals surface area (Å²) in [6.45, 7) is 0.441. The van der Waals surface area contributed by atoms with Gasteiger partial charge in [-0.05, 0) is 12.1 Å². The standard InChI is InChI=1S/C14H15N3O3S/c18-13(2-1-12-9-21-10-17-12)20-8-7-16-14(19)11-3-5-15-6-4-11/h3-6,9-10H,1-2,7-8H2,(H,16,19). The first-order valence-electron chi connectivity index (χ1n) is 6.46. The van der Waals surface area contributed by atoms with E-state index in [2.05, 4.69) is 15.3 Å². The molecule has 0 atom stereocenters. The van der Waals surface area contributed by atoms with E-state index in [9.17, 15) is 9.59 Å². The Morgan fingerprint density at radius 1 is 1.29 bits per heavy atom. The Balaban J connectivity index is 1.59. The second-order valence-electron chi connectivity index (χ2n) is 4.19. The molecule has 0 aliphatic carbocycles. The molecule has 0 saturated heterocycles. The van der Waals surface area contributed by atoms with Gasteiger partial charge in [-0.1, -0.05) is 0 Å². The molecular weight excluding hydrogens is 290 g/mol. The van der Waals surface area contributed by atoms with Crippen LogP contribution in [0.25, 0.3) is 0 Å². The van der Waals surface area contributed by atoms with Crippen molar-refractivity contribution in [2.24, 2.45) is 0 Å². The first-order valence-corrected chi connectivity index (χ1v) is 7.41. The van der Waals surface area contributed by atoms with Gasteiger partial charge >= 0.3 is 5.97 Å². The third kappa shape index (κ3) is 5.31. The highest BCUT2D eigenvalue weighted by Crippen LogP contribution is 2.04. The van der Waals surface area contributed by atoms with Gasteiger partial charge in [-0.25, -0.2) is 4.98 Å². The summed E-state index contributed by atoms with van der Waals surface area (Å²) in [5.41, 5.74) is 3.15. The topological polar surface area (TPSA) is 81.2 Å². The second-order valence-corrected chi connectivity index (χ2v) is 4.91. The minimum atomic E-state index is -0.291. The van der Waals surface area contributed by atoms with E-state index in [-0.39, 0.29) is 25.0 Å². The van der Waals surface area contributed by atoms with Crippen molar-refractivity contribution < 1.29 is 14.3 Å². The summed E-state index contributed by atoms with van der Waals surface area (Å²) in [6, 6.07) is 3.24. The monoisotopic (exact) mass is 305 g/mol. The van der Waals surface area contributed by atoms with Crippen molar-refractivity contribution in [2.75, 3.05) is 13.2 Å². The van der Waals surface area contributed by atoms with E-state index in [0.29, 0.717) is 18.4 Å². The number of thiazole rings is 1. The summed E-state index contributed by atoms with van der Waals surface area (Å²) in [5.74, 6) is -0.503. The number of rotatable bonds is 7. The summed E-state index contributed by atoms with van der Waals surface area (Å²) >= 11 is 1.50. The SMILES string of the molecule is O=C(CCc1cscn1)OCCNC(=O)c1ccncc1. The molecule has 7 heteroatoms. The summed E-state index contributed by atoms with van der Waals surface area (Å²) in [4.78, 5) is 31.1. The van der Waals surface area contributed by atoms with Crippen LogP contribution >= 0.6 is 11.3 Å². The van der Waals surface area contributed by atoms with Crippen molar-refractivity contribution in [2.45, 2.75) is 12.8 Å². The number of nitrogens with zero attached hydrogens (tertiary/aromatic N) is 2. The smallest absolute Gasteiger partial charge is 0.306 e. The molecule has 0 aliphatic rings. The number of ether oxygens (including phenoxy) is 1. The number of esters is 1. The second kappa shape index (κ2) is 8.11. The zero-order valence-electron chi connectivity index (χ0n) is 11.3. The number of carbonyl (C=O) groups is 2. The molecule has 21 heavy (non-hydrogen) atoms. The summed E-state index contributed by atoms with van der Waals surface area (Å²) < 4.78 is 5.04. The van der Waals surface area contributed by atoms with Crippen LogP contribution in [0.5, 0.6) is 0 Å².